The third-order valence-electron chi connectivity index (χ3n) is 4.07. The number of rotatable bonds is 5. The highest BCUT2D eigenvalue weighted by Gasteiger charge is 2.19. The zero-order valence-electron chi connectivity index (χ0n) is 14.7. The quantitative estimate of drug-likeness (QED) is 0.557. The fraction of sp³-hybridized carbons (Fsp3) is 0.0476. The number of hydrogen-bond acceptors (Lipinski definition) is 6. The molecule has 7 heteroatoms. The van der Waals surface area contributed by atoms with E-state index < -0.39 is 0 Å². The maximum absolute atomic E-state index is 12.9. The van der Waals surface area contributed by atoms with Gasteiger partial charge in [0.05, 0.1) is 16.5 Å². The fourth-order valence-corrected chi connectivity index (χ4v) is 3.37. The molecule has 2 aromatic carbocycles. The summed E-state index contributed by atoms with van der Waals surface area (Å²) in [5.74, 6) is 0.594. The molecule has 0 saturated heterocycles. The number of hydrogen-bond donors (Lipinski definition) is 1. The van der Waals surface area contributed by atoms with Crippen molar-refractivity contribution in [1.29, 1.82) is 5.26 Å². The molecule has 4 rings (SSSR count). The van der Waals surface area contributed by atoms with Gasteiger partial charge in [0.2, 0.25) is 5.95 Å². The molecule has 0 spiro atoms. The van der Waals surface area contributed by atoms with Gasteiger partial charge in [0.15, 0.2) is 5.82 Å². The maximum atomic E-state index is 12.9. The zero-order chi connectivity index (χ0) is 19.3. The molecular weight excluding hydrogens is 370 g/mol. The molecule has 0 amide bonds. The molecule has 28 heavy (non-hydrogen) atoms. The van der Waals surface area contributed by atoms with Gasteiger partial charge in [0.25, 0.3) is 5.91 Å². The molecule has 6 nitrogen and oxygen atoms in total. The molecule has 0 bridgehead atoms. The molecule has 0 fully saturated rings. The smallest absolute Gasteiger partial charge is 0.281 e. The van der Waals surface area contributed by atoms with E-state index in [4.69, 9.17) is 5.26 Å². The molecule has 0 unspecified atom stereocenters. The number of nitrogens with one attached hydrogen (secondary N) is 1. The summed E-state index contributed by atoms with van der Waals surface area (Å²) in [6.45, 7) is 0.417. The van der Waals surface area contributed by atoms with Crippen LogP contribution in [0.15, 0.2) is 72.1 Å². The summed E-state index contributed by atoms with van der Waals surface area (Å²) >= 11 is 1.51. The highest BCUT2D eigenvalue weighted by Crippen LogP contribution is 2.23. The van der Waals surface area contributed by atoms with Crippen LogP contribution in [0, 0.1) is 11.3 Å². The third-order valence-corrected chi connectivity index (χ3v) is 4.93. The minimum absolute atomic E-state index is 0.260. The van der Waals surface area contributed by atoms with E-state index in [1.54, 1.807) is 24.3 Å². The summed E-state index contributed by atoms with van der Waals surface area (Å²) in [5.41, 5.74) is 2.03. The van der Waals surface area contributed by atoms with Gasteiger partial charge in [0, 0.05) is 12.1 Å². The van der Waals surface area contributed by atoms with Gasteiger partial charge in [-0.15, -0.1) is 16.4 Å². The van der Waals surface area contributed by atoms with Gasteiger partial charge in [0.1, 0.15) is 0 Å². The first-order valence-corrected chi connectivity index (χ1v) is 9.46. The van der Waals surface area contributed by atoms with Crippen molar-refractivity contribution in [2.45, 2.75) is 6.54 Å². The van der Waals surface area contributed by atoms with Crippen molar-refractivity contribution in [2.75, 3.05) is 5.32 Å². The van der Waals surface area contributed by atoms with Crippen molar-refractivity contribution >= 4 is 23.2 Å². The Balaban J connectivity index is 1.66. The second-order valence-corrected chi connectivity index (χ2v) is 6.93. The average Bonchev–Trinajstić information content (AvgIpc) is 3.42. The van der Waals surface area contributed by atoms with Crippen LogP contribution in [0.25, 0.3) is 10.7 Å². The maximum Gasteiger partial charge on any atom is 0.281 e. The van der Waals surface area contributed by atoms with E-state index in [1.807, 2.05) is 47.8 Å². The lowest BCUT2D eigenvalue weighted by Gasteiger charge is -2.07. The molecular formula is C21H15N5OS. The number of anilines is 1. The zero-order valence-corrected chi connectivity index (χ0v) is 15.6. The average molecular weight is 385 g/mol. The fourth-order valence-electron chi connectivity index (χ4n) is 2.71. The second-order valence-electron chi connectivity index (χ2n) is 5.99. The molecule has 136 valence electrons. The molecule has 2 aromatic heterocycles. The molecule has 0 radical (unpaired) electrons. The number of nitriles is 1. The van der Waals surface area contributed by atoms with Crippen LogP contribution >= 0.6 is 11.3 Å². The molecule has 0 aliphatic carbocycles. The van der Waals surface area contributed by atoms with Crippen molar-refractivity contribution in [3.05, 3.63) is 88.8 Å². The van der Waals surface area contributed by atoms with Crippen LogP contribution in [0.2, 0.25) is 0 Å². The van der Waals surface area contributed by atoms with Gasteiger partial charge in [-0.25, -0.2) is 0 Å². The van der Waals surface area contributed by atoms with Crippen LogP contribution in [0.3, 0.4) is 0 Å². The summed E-state index contributed by atoms with van der Waals surface area (Å²) in [4.78, 5) is 18.3. The Kier molecular flexibility index (Phi) is 4.95. The van der Waals surface area contributed by atoms with Crippen molar-refractivity contribution in [1.82, 2.24) is 14.8 Å². The first kappa shape index (κ1) is 17.6. The van der Waals surface area contributed by atoms with Crippen LogP contribution in [0.5, 0.6) is 0 Å². The molecule has 0 aliphatic heterocycles. The number of thiophene rings is 1. The number of benzene rings is 2. The standard InChI is InChI=1S/C21H15N5OS/c22-13-15-6-4-7-16(12-15)14-23-21-24-19(18-10-5-11-28-18)25-26(21)20(27)17-8-2-1-3-9-17/h1-12H,14H2,(H,23,24,25). The van der Waals surface area contributed by atoms with Crippen LogP contribution in [0.4, 0.5) is 5.95 Å². The van der Waals surface area contributed by atoms with Crippen molar-refractivity contribution < 1.29 is 4.79 Å². The largest absolute Gasteiger partial charge is 0.350 e. The van der Waals surface area contributed by atoms with Crippen LogP contribution < -0.4 is 5.32 Å². The summed E-state index contributed by atoms with van der Waals surface area (Å²) < 4.78 is 1.29. The summed E-state index contributed by atoms with van der Waals surface area (Å²) in [7, 11) is 0. The molecule has 4 aromatic rings. The first-order valence-electron chi connectivity index (χ1n) is 8.58. The Morgan fingerprint density at radius 2 is 1.96 bits per heavy atom. The van der Waals surface area contributed by atoms with E-state index in [9.17, 15) is 4.79 Å². The van der Waals surface area contributed by atoms with Gasteiger partial charge in [-0.2, -0.15) is 14.9 Å². The third kappa shape index (κ3) is 3.68. The van der Waals surface area contributed by atoms with Crippen LogP contribution in [-0.4, -0.2) is 20.7 Å². The predicted octanol–water partition coefficient (Wildman–Crippen LogP) is 4.18. The second kappa shape index (κ2) is 7.86. The molecule has 2 heterocycles. The molecule has 1 N–H and O–H groups in total. The van der Waals surface area contributed by atoms with Gasteiger partial charge < -0.3 is 5.32 Å². The van der Waals surface area contributed by atoms with Crippen molar-refractivity contribution in [2.24, 2.45) is 0 Å². The molecule has 0 saturated carbocycles. The van der Waals surface area contributed by atoms with E-state index in [0.29, 0.717) is 29.4 Å². The van der Waals surface area contributed by atoms with Crippen LogP contribution in [0.1, 0.15) is 21.5 Å². The van der Waals surface area contributed by atoms with Crippen molar-refractivity contribution in [3.63, 3.8) is 0 Å². The lowest BCUT2D eigenvalue weighted by molar-refractivity contribution is 0.0947. The topological polar surface area (TPSA) is 83.6 Å². The van der Waals surface area contributed by atoms with Gasteiger partial charge >= 0.3 is 0 Å². The van der Waals surface area contributed by atoms with Gasteiger partial charge in [-0.05, 0) is 41.3 Å². The Hall–Kier alpha value is -3.76. The lowest BCUT2D eigenvalue weighted by Crippen LogP contribution is -2.17. The minimum Gasteiger partial charge on any atom is -0.350 e. The number of aromatic nitrogens is 3. The predicted molar refractivity (Wildman–Crippen MR) is 108 cm³/mol. The summed E-state index contributed by atoms with van der Waals surface area (Å²) in [6.07, 6.45) is 0. The highest BCUT2D eigenvalue weighted by molar-refractivity contribution is 7.13. The monoisotopic (exact) mass is 385 g/mol. The lowest BCUT2D eigenvalue weighted by atomic mass is 10.1. The summed E-state index contributed by atoms with van der Waals surface area (Å²) in [5, 5.41) is 18.6. The van der Waals surface area contributed by atoms with E-state index >= 15 is 0 Å². The Morgan fingerprint density at radius 1 is 1.11 bits per heavy atom. The minimum atomic E-state index is -0.260. The number of nitrogens with zero attached hydrogens (tertiary/aromatic N) is 4. The normalized spacial score (nSPS) is 10.4. The Bertz CT molecular complexity index is 1140. The molecule has 0 aliphatic rings. The Morgan fingerprint density at radius 3 is 2.71 bits per heavy atom. The van der Waals surface area contributed by atoms with Gasteiger partial charge in [-0.1, -0.05) is 36.4 Å². The molecule has 0 atom stereocenters. The van der Waals surface area contributed by atoms with E-state index in [0.717, 1.165) is 10.4 Å². The Labute approximate surface area is 165 Å². The van der Waals surface area contributed by atoms with Crippen LogP contribution in [-0.2, 0) is 6.54 Å². The summed E-state index contributed by atoms with van der Waals surface area (Å²) in [6, 6.07) is 22.2. The van der Waals surface area contributed by atoms with Crippen molar-refractivity contribution in [3.8, 4) is 16.8 Å². The van der Waals surface area contributed by atoms with Gasteiger partial charge in [-0.3, -0.25) is 4.79 Å². The first-order chi connectivity index (χ1) is 13.7. The SMILES string of the molecule is N#Cc1cccc(CNc2nc(-c3cccs3)nn2C(=O)c2ccccc2)c1. The number of carbonyl (C=O) groups excluding carboxylic acids is 1. The van der Waals surface area contributed by atoms with E-state index in [-0.39, 0.29) is 5.91 Å². The highest BCUT2D eigenvalue weighted by atomic mass is 32.1. The number of carbonyl (C=O) groups is 1. The van der Waals surface area contributed by atoms with E-state index in [1.165, 1.54) is 16.0 Å². The van der Waals surface area contributed by atoms with E-state index in [2.05, 4.69) is 21.5 Å².